The molecule has 1 heterocycles. The minimum absolute atomic E-state index is 0.261. The molecule has 1 fully saturated rings. The topological polar surface area (TPSA) is 61.4 Å². The van der Waals surface area contributed by atoms with Gasteiger partial charge in [0.2, 0.25) is 5.91 Å². The van der Waals surface area contributed by atoms with E-state index in [0.717, 1.165) is 37.2 Å². The van der Waals surface area contributed by atoms with E-state index in [2.05, 4.69) is 15.5 Å². The van der Waals surface area contributed by atoms with Crippen molar-refractivity contribution >= 4 is 34.8 Å². The first-order chi connectivity index (χ1) is 16.0. The van der Waals surface area contributed by atoms with Gasteiger partial charge in [-0.25, -0.2) is 4.39 Å². The van der Waals surface area contributed by atoms with Crippen LogP contribution in [0.2, 0.25) is 0 Å². The molecule has 1 aliphatic heterocycles. The zero-order valence-electron chi connectivity index (χ0n) is 18.1. The molecular formula is C26H25ClFN3O2. The summed E-state index contributed by atoms with van der Waals surface area (Å²) in [6.07, 6.45) is 2.14. The number of benzene rings is 3. The molecule has 3 aromatic carbocycles. The van der Waals surface area contributed by atoms with E-state index in [4.69, 9.17) is 11.6 Å². The van der Waals surface area contributed by atoms with E-state index >= 15 is 0 Å². The van der Waals surface area contributed by atoms with Gasteiger partial charge in [0.15, 0.2) is 0 Å². The van der Waals surface area contributed by atoms with Crippen molar-refractivity contribution in [3.8, 4) is 0 Å². The highest BCUT2D eigenvalue weighted by atomic mass is 35.5. The van der Waals surface area contributed by atoms with Crippen LogP contribution >= 0.6 is 11.6 Å². The molecule has 0 aliphatic carbocycles. The quantitative estimate of drug-likeness (QED) is 0.467. The Labute approximate surface area is 197 Å². The number of halogens is 2. The molecule has 1 unspecified atom stereocenters. The van der Waals surface area contributed by atoms with Crippen LogP contribution in [-0.4, -0.2) is 24.9 Å². The van der Waals surface area contributed by atoms with Gasteiger partial charge in [0.05, 0.1) is 5.56 Å². The molecule has 33 heavy (non-hydrogen) atoms. The Hall–Kier alpha value is -3.38. The van der Waals surface area contributed by atoms with Crippen LogP contribution in [-0.2, 0) is 11.3 Å². The smallest absolute Gasteiger partial charge is 0.253 e. The summed E-state index contributed by atoms with van der Waals surface area (Å²) in [4.78, 5) is 28.0. The summed E-state index contributed by atoms with van der Waals surface area (Å²) in [5.41, 5.74) is 3.29. The monoisotopic (exact) mass is 465 g/mol. The molecule has 0 saturated carbocycles. The van der Waals surface area contributed by atoms with Gasteiger partial charge in [-0.1, -0.05) is 42.5 Å². The number of rotatable bonds is 7. The van der Waals surface area contributed by atoms with E-state index in [-0.39, 0.29) is 24.2 Å². The highest BCUT2D eigenvalue weighted by Crippen LogP contribution is 2.29. The first-order valence-electron chi connectivity index (χ1n) is 10.9. The molecule has 4 rings (SSSR count). The molecule has 0 radical (unpaired) electrons. The van der Waals surface area contributed by atoms with E-state index < -0.39 is 5.38 Å². The molecule has 1 saturated heterocycles. The summed E-state index contributed by atoms with van der Waals surface area (Å²) in [5, 5.41) is 4.88. The van der Waals surface area contributed by atoms with Crippen molar-refractivity contribution in [3.05, 3.63) is 95.3 Å². The van der Waals surface area contributed by atoms with Gasteiger partial charge in [0.25, 0.3) is 5.91 Å². The van der Waals surface area contributed by atoms with Gasteiger partial charge in [-0.2, -0.15) is 0 Å². The SMILES string of the molecule is O=C(NCc1ccc(F)cc1)c1cc(NC(=O)C(Cl)c2ccccc2)ccc1N1CCCC1. The summed E-state index contributed by atoms with van der Waals surface area (Å²) in [6, 6.07) is 20.4. The molecule has 3 aromatic rings. The van der Waals surface area contributed by atoms with Crippen LogP contribution in [0, 0.1) is 5.82 Å². The third-order valence-electron chi connectivity index (χ3n) is 5.64. The van der Waals surface area contributed by atoms with Crippen LogP contribution < -0.4 is 15.5 Å². The number of hydrogen-bond donors (Lipinski definition) is 2. The lowest BCUT2D eigenvalue weighted by Crippen LogP contribution is -2.27. The van der Waals surface area contributed by atoms with Gasteiger partial charge in [-0.15, -0.1) is 11.6 Å². The Morgan fingerprint density at radius 2 is 1.67 bits per heavy atom. The zero-order chi connectivity index (χ0) is 23.2. The Bertz CT molecular complexity index is 1120. The van der Waals surface area contributed by atoms with Gasteiger partial charge in [0.1, 0.15) is 11.2 Å². The summed E-state index contributed by atoms with van der Waals surface area (Å²) in [7, 11) is 0. The van der Waals surface area contributed by atoms with Gasteiger partial charge >= 0.3 is 0 Å². The summed E-state index contributed by atoms with van der Waals surface area (Å²) < 4.78 is 13.2. The van der Waals surface area contributed by atoms with Crippen molar-refractivity contribution in [1.29, 1.82) is 0 Å². The number of carbonyl (C=O) groups is 2. The predicted octanol–water partition coefficient (Wildman–Crippen LogP) is 5.27. The lowest BCUT2D eigenvalue weighted by molar-refractivity contribution is -0.116. The number of carbonyl (C=O) groups excluding carboxylic acids is 2. The maximum atomic E-state index is 13.2. The average Bonchev–Trinajstić information content (AvgIpc) is 3.38. The molecular weight excluding hydrogens is 441 g/mol. The van der Waals surface area contributed by atoms with E-state index in [9.17, 15) is 14.0 Å². The van der Waals surface area contributed by atoms with Crippen molar-refractivity contribution in [2.75, 3.05) is 23.3 Å². The Morgan fingerprint density at radius 1 is 0.970 bits per heavy atom. The summed E-state index contributed by atoms with van der Waals surface area (Å²) >= 11 is 6.35. The highest BCUT2D eigenvalue weighted by Gasteiger charge is 2.22. The first kappa shape index (κ1) is 22.8. The fourth-order valence-electron chi connectivity index (χ4n) is 3.89. The number of amides is 2. The highest BCUT2D eigenvalue weighted by molar-refractivity contribution is 6.32. The molecule has 0 aromatic heterocycles. The third kappa shape index (κ3) is 5.71. The standard InChI is InChI=1S/C26H25ClFN3O2/c27-24(19-6-2-1-3-7-19)26(33)30-21-12-13-23(31-14-4-5-15-31)22(16-21)25(32)29-17-18-8-10-20(28)11-9-18/h1-3,6-13,16,24H,4-5,14-15,17H2,(H,29,32)(H,30,33). The van der Waals surface area contributed by atoms with Crippen LogP contribution in [0.3, 0.4) is 0 Å². The Kier molecular flexibility index (Phi) is 7.25. The second-order valence-electron chi connectivity index (χ2n) is 8.00. The number of anilines is 2. The van der Waals surface area contributed by atoms with Gasteiger partial charge in [-0.3, -0.25) is 9.59 Å². The van der Waals surface area contributed by atoms with Crippen molar-refractivity contribution in [3.63, 3.8) is 0 Å². The number of alkyl halides is 1. The fraction of sp³-hybridized carbons (Fsp3) is 0.231. The molecule has 1 atom stereocenters. The van der Waals surface area contributed by atoms with Crippen LogP contribution in [0.15, 0.2) is 72.8 Å². The van der Waals surface area contributed by atoms with Gasteiger partial charge in [0, 0.05) is 31.0 Å². The zero-order valence-corrected chi connectivity index (χ0v) is 18.8. The molecule has 5 nitrogen and oxygen atoms in total. The minimum atomic E-state index is -0.847. The predicted molar refractivity (Wildman–Crippen MR) is 129 cm³/mol. The van der Waals surface area contributed by atoms with E-state index in [1.54, 1.807) is 36.4 Å². The second-order valence-corrected chi connectivity index (χ2v) is 8.43. The van der Waals surface area contributed by atoms with Crippen LogP contribution in [0.1, 0.15) is 39.7 Å². The van der Waals surface area contributed by atoms with Crippen molar-refractivity contribution in [2.24, 2.45) is 0 Å². The number of nitrogens with zero attached hydrogens (tertiary/aromatic N) is 1. The Morgan fingerprint density at radius 3 is 2.36 bits per heavy atom. The number of hydrogen-bond acceptors (Lipinski definition) is 3. The molecule has 7 heteroatoms. The number of nitrogens with one attached hydrogen (secondary N) is 2. The molecule has 2 amide bonds. The van der Waals surface area contributed by atoms with E-state index in [0.29, 0.717) is 16.8 Å². The van der Waals surface area contributed by atoms with Gasteiger partial charge in [-0.05, 0) is 54.3 Å². The molecule has 0 bridgehead atoms. The second kappa shape index (κ2) is 10.5. The van der Waals surface area contributed by atoms with Crippen LogP contribution in [0.25, 0.3) is 0 Å². The van der Waals surface area contributed by atoms with Crippen LogP contribution in [0.4, 0.5) is 15.8 Å². The third-order valence-corrected chi connectivity index (χ3v) is 6.09. The lowest BCUT2D eigenvalue weighted by Gasteiger charge is -2.22. The first-order valence-corrected chi connectivity index (χ1v) is 11.4. The molecule has 1 aliphatic rings. The van der Waals surface area contributed by atoms with Crippen molar-refractivity contribution in [2.45, 2.75) is 24.8 Å². The molecule has 170 valence electrons. The largest absolute Gasteiger partial charge is 0.371 e. The minimum Gasteiger partial charge on any atom is -0.371 e. The summed E-state index contributed by atoms with van der Waals surface area (Å²) in [6.45, 7) is 2.02. The van der Waals surface area contributed by atoms with Gasteiger partial charge < -0.3 is 15.5 Å². The maximum Gasteiger partial charge on any atom is 0.253 e. The van der Waals surface area contributed by atoms with Crippen LogP contribution in [0.5, 0.6) is 0 Å². The van der Waals surface area contributed by atoms with Crippen molar-refractivity contribution < 1.29 is 14.0 Å². The fourth-order valence-corrected chi connectivity index (χ4v) is 4.09. The average molecular weight is 466 g/mol. The molecule has 0 spiro atoms. The Balaban J connectivity index is 1.53. The van der Waals surface area contributed by atoms with Crippen molar-refractivity contribution in [1.82, 2.24) is 5.32 Å². The molecule has 2 N–H and O–H groups in total. The maximum absolute atomic E-state index is 13.2. The summed E-state index contributed by atoms with van der Waals surface area (Å²) in [5.74, 6) is -0.949. The normalized spacial score (nSPS) is 14.1. The lowest BCUT2D eigenvalue weighted by atomic mass is 10.1. The van der Waals surface area contributed by atoms with E-state index in [1.807, 2.05) is 24.3 Å². The van der Waals surface area contributed by atoms with E-state index in [1.165, 1.54) is 12.1 Å².